The van der Waals surface area contributed by atoms with Gasteiger partial charge in [-0.15, -0.1) is 0 Å². The Balaban J connectivity index is 1.60. The van der Waals surface area contributed by atoms with E-state index < -0.39 is 0 Å². The van der Waals surface area contributed by atoms with Gasteiger partial charge >= 0.3 is 0 Å². The Morgan fingerprint density at radius 3 is 2.79 bits per heavy atom. The Morgan fingerprint density at radius 1 is 1.12 bits per heavy atom. The number of nitrogens with zero attached hydrogens (tertiary/aromatic N) is 2. The van der Waals surface area contributed by atoms with Crippen LogP contribution in [0, 0.1) is 0 Å². The lowest BCUT2D eigenvalue weighted by Gasteiger charge is -2.26. The summed E-state index contributed by atoms with van der Waals surface area (Å²) in [6, 6.07) is 17.5. The molecular formula is C19H17N3O2. The van der Waals surface area contributed by atoms with Crippen LogP contribution in [0.3, 0.4) is 0 Å². The van der Waals surface area contributed by atoms with E-state index in [9.17, 15) is 4.79 Å². The summed E-state index contributed by atoms with van der Waals surface area (Å²) in [6.45, 7) is 0.597. The monoisotopic (exact) mass is 319 g/mol. The normalized spacial score (nSPS) is 16.1. The van der Waals surface area contributed by atoms with E-state index in [1.165, 1.54) is 0 Å². The summed E-state index contributed by atoms with van der Waals surface area (Å²) in [5.74, 6) is 0.698. The van der Waals surface area contributed by atoms with E-state index in [-0.39, 0.29) is 11.9 Å². The number of amides is 1. The minimum absolute atomic E-state index is 0.0541. The van der Waals surface area contributed by atoms with Crippen molar-refractivity contribution in [3.8, 4) is 11.4 Å². The van der Waals surface area contributed by atoms with Crippen LogP contribution in [0.25, 0.3) is 5.69 Å². The van der Waals surface area contributed by atoms with Gasteiger partial charge in [0, 0.05) is 17.7 Å². The Bertz CT molecular complexity index is 858. The molecule has 1 aliphatic heterocycles. The maximum atomic E-state index is 12.8. The number of rotatable bonds is 3. The Labute approximate surface area is 139 Å². The fraction of sp³-hybridized carbons (Fsp3) is 0.158. The smallest absolute Gasteiger partial charge is 0.270 e. The van der Waals surface area contributed by atoms with Gasteiger partial charge in [0.15, 0.2) is 0 Å². The fourth-order valence-electron chi connectivity index (χ4n) is 2.98. The van der Waals surface area contributed by atoms with E-state index in [4.69, 9.17) is 4.74 Å². The van der Waals surface area contributed by atoms with Gasteiger partial charge in [0.05, 0.1) is 25.2 Å². The summed E-state index contributed by atoms with van der Waals surface area (Å²) in [5, 5.41) is 3.11. The minimum atomic E-state index is -0.141. The van der Waals surface area contributed by atoms with Crippen molar-refractivity contribution in [2.45, 2.75) is 12.5 Å². The summed E-state index contributed by atoms with van der Waals surface area (Å²) >= 11 is 0. The summed E-state index contributed by atoms with van der Waals surface area (Å²) in [5.41, 5.74) is 2.44. The fourth-order valence-corrected chi connectivity index (χ4v) is 2.98. The first kappa shape index (κ1) is 14.5. The molecule has 0 saturated heterocycles. The van der Waals surface area contributed by atoms with Crippen LogP contribution in [0.15, 0.2) is 67.1 Å². The maximum Gasteiger partial charge on any atom is 0.270 e. The first-order chi connectivity index (χ1) is 11.8. The molecule has 2 aromatic carbocycles. The van der Waals surface area contributed by atoms with Crippen LogP contribution in [-0.2, 0) is 0 Å². The van der Waals surface area contributed by atoms with Gasteiger partial charge in [-0.25, -0.2) is 4.98 Å². The van der Waals surface area contributed by atoms with Gasteiger partial charge in [0.1, 0.15) is 11.4 Å². The third kappa shape index (κ3) is 2.65. The number of hydrogen-bond acceptors (Lipinski definition) is 3. The van der Waals surface area contributed by atoms with Crippen molar-refractivity contribution < 1.29 is 9.53 Å². The Kier molecular flexibility index (Phi) is 3.75. The first-order valence-electron chi connectivity index (χ1n) is 7.93. The number of fused-ring (bicyclic) bond motifs is 1. The van der Waals surface area contributed by atoms with Crippen molar-refractivity contribution in [1.29, 1.82) is 0 Å². The van der Waals surface area contributed by atoms with Crippen LogP contribution in [0.5, 0.6) is 5.75 Å². The second-order valence-electron chi connectivity index (χ2n) is 5.69. The van der Waals surface area contributed by atoms with E-state index in [0.29, 0.717) is 12.3 Å². The van der Waals surface area contributed by atoms with Crippen molar-refractivity contribution in [2.24, 2.45) is 0 Å². The number of aromatic nitrogens is 2. The number of nitrogens with one attached hydrogen (secondary N) is 1. The molecule has 1 N–H and O–H groups in total. The number of ether oxygens (including phenoxy) is 1. The van der Waals surface area contributed by atoms with Crippen molar-refractivity contribution >= 4 is 5.91 Å². The zero-order valence-electron chi connectivity index (χ0n) is 13.1. The van der Waals surface area contributed by atoms with Gasteiger partial charge in [-0.05, 0) is 18.2 Å². The zero-order chi connectivity index (χ0) is 16.4. The van der Waals surface area contributed by atoms with Gasteiger partial charge in [0.25, 0.3) is 5.91 Å². The minimum Gasteiger partial charge on any atom is -0.493 e. The molecule has 5 nitrogen and oxygen atoms in total. The quantitative estimate of drug-likeness (QED) is 0.807. The number of para-hydroxylation sites is 2. The highest BCUT2D eigenvalue weighted by atomic mass is 16.5. The highest BCUT2D eigenvalue weighted by Crippen LogP contribution is 2.31. The third-order valence-corrected chi connectivity index (χ3v) is 4.17. The number of imidazole rings is 1. The summed E-state index contributed by atoms with van der Waals surface area (Å²) < 4.78 is 7.44. The number of carbonyl (C=O) groups excluding carboxylic acids is 1. The maximum absolute atomic E-state index is 12.8. The lowest BCUT2D eigenvalue weighted by Crippen LogP contribution is -2.33. The first-order valence-corrected chi connectivity index (χ1v) is 7.93. The number of carbonyl (C=O) groups is 1. The largest absolute Gasteiger partial charge is 0.493 e. The van der Waals surface area contributed by atoms with Gasteiger partial charge < -0.3 is 10.1 Å². The van der Waals surface area contributed by atoms with E-state index in [1.54, 1.807) is 17.1 Å². The highest BCUT2D eigenvalue weighted by Gasteiger charge is 2.24. The van der Waals surface area contributed by atoms with Crippen molar-refractivity contribution in [3.05, 3.63) is 78.4 Å². The second kappa shape index (κ2) is 6.20. The standard InChI is InChI=1S/C19H17N3O2/c23-19(17-12-20-13-22(17)14-6-2-1-3-7-14)21-16-10-11-24-18-9-5-4-8-15(16)18/h1-9,12-13,16H,10-11H2,(H,21,23)/t16-/m0/s1. The van der Waals surface area contributed by atoms with Gasteiger partial charge in [-0.3, -0.25) is 9.36 Å². The second-order valence-corrected chi connectivity index (χ2v) is 5.69. The highest BCUT2D eigenvalue weighted by molar-refractivity contribution is 5.93. The molecule has 0 unspecified atom stereocenters. The van der Waals surface area contributed by atoms with Gasteiger partial charge in [0.2, 0.25) is 0 Å². The predicted molar refractivity (Wildman–Crippen MR) is 90.3 cm³/mol. The summed E-state index contributed by atoms with van der Waals surface area (Å²) in [7, 11) is 0. The Morgan fingerprint density at radius 2 is 1.92 bits per heavy atom. The Hall–Kier alpha value is -3.08. The molecule has 5 heteroatoms. The molecule has 120 valence electrons. The molecule has 2 heterocycles. The molecule has 0 saturated carbocycles. The van der Waals surface area contributed by atoms with Crippen molar-refractivity contribution in [1.82, 2.24) is 14.9 Å². The van der Waals surface area contributed by atoms with Crippen LogP contribution < -0.4 is 10.1 Å². The molecule has 1 aromatic heterocycles. The molecule has 1 amide bonds. The van der Waals surface area contributed by atoms with Gasteiger partial charge in [-0.2, -0.15) is 0 Å². The summed E-state index contributed by atoms with van der Waals surface area (Å²) in [6.07, 6.45) is 4.00. The van der Waals surface area contributed by atoms with E-state index in [2.05, 4.69) is 10.3 Å². The lowest BCUT2D eigenvalue weighted by molar-refractivity contribution is 0.0918. The molecule has 1 atom stereocenters. The average molecular weight is 319 g/mol. The molecule has 1 aliphatic rings. The van der Waals surface area contributed by atoms with Crippen LogP contribution in [0.2, 0.25) is 0 Å². The lowest BCUT2D eigenvalue weighted by atomic mass is 10.0. The van der Waals surface area contributed by atoms with Crippen LogP contribution in [-0.4, -0.2) is 22.1 Å². The molecule has 3 aromatic rings. The molecular weight excluding hydrogens is 302 g/mol. The van der Waals surface area contributed by atoms with Crippen molar-refractivity contribution in [3.63, 3.8) is 0 Å². The average Bonchev–Trinajstić information content (AvgIpc) is 3.13. The predicted octanol–water partition coefficient (Wildman–Crippen LogP) is 3.13. The molecule has 0 fully saturated rings. The van der Waals surface area contributed by atoms with Crippen LogP contribution in [0.1, 0.15) is 28.5 Å². The van der Waals surface area contributed by atoms with E-state index in [0.717, 1.165) is 23.4 Å². The summed E-state index contributed by atoms with van der Waals surface area (Å²) in [4.78, 5) is 16.9. The van der Waals surface area contributed by atoms with E-state index >= 15 is 0 Å². The SMILES string of the molecule is O=C(N[C@H]1CCOc2ccccc21)c1cncn1-c1ccccc1. The molecule has 0 spiro atoms. The van der Waals surface area contributed by atoms with Crippen molar-refractivity contribution in [2.75, 3.05) is 6.61 Å². The molecule has 24 heavy (non-hydrogen) atoms. The van der Waals surface area contributed by atoms with Crippen LogP contribution in [0.4, 0.5) is 0 Å². The topological polar surface area (TPSA) is 56.1 Å². The molecule has 0 aliphatic carbocycles. The number of hydrogen-bond donors (Lipinski definition) is 1. The molecule has 4 rings (SSSR count). The van der Waals surface area contributed by atoms with Gasteiger partial charge in [-0.1, -0.05) is 36.4 Å². The van der Waals surface area contributed by atoms with Crippen LogP contribution >= 0.6 is 0 Å². The number of benzene rings is 2. The third-order valence-electron chi connectivity index (χ3n) is 4.17. The molecule has 0 radical (unpaired) electrons. The molecule has 0 bridgehead atoms. The zero-order valence-corrected chi connectivity index (χ0v) is 13.1. The van der Waals surface area contributed by atoms with E-state index in [1.807, 2.05) is 54.6 Å².